The fourth-order valence-corrected chi connectivity index (χ4v) is 7.37. The molecule has 0 amide bonds. The van der Waals surface area contributed by atoms with Gasteiger partial charge in [-0.3, -0.25) is 9.00 Å². The lowest BCUT2D eigenvalue weighted by Gasteiger charge is -2.37. The molecule has 34 heavy (non-hydrogen) atoms. The van der Waals surface area contributed by atoms with Crippen LogP contribution in [0, 0.1) is 12.8 Å². The van der Waals surface area contributed by atoms with Crippen LogP contribution in [0.25, 0.3) is 6.08 Å². The summed E-state index contributed by atoms with van der Waals surface area (Å²) in [5, 5.41) is 0. The van der Waals surface area contributed by atoms with Crippen LogP contribution in [0.4, 0.5) is 0 Å². The number of carbonyl (C=O) groups excluding carboxylic acids is 2. The Morgan fingerprint density at radius 3 is 2.56 bits per heavy atom. The van der Waals surface area contributed by atoms with Crippen LogP contribution in [0.3, 0.4) is 0 Å². The van der Waals surface area contributed by atoms with Crippen molar-refractivity contribution in [3.05, 3.63) is 71.4 Å². The number of benzene rings is 2. The van der Waals surface area contributed by atoms with E-state index in [4.69, 9.17) is 14.2 Å². The molecule has 6 atom stereocenters. The van der Waals surface area contributed by atoms with Crippen molar-refractivity contribution in [1.82, 2.24) is 4.90 Å². The van der Waals surface area contributed by atoms with Gasteiger partial charge < -0.3 is 19.1 Å². The van der Waals surface area contributed by atoms with E-state index < -0.39 is 51.8 Å². The van der Waals surface area contributed by atoms with Crippen molar-refractivity contribution in [2.45, 2.75) is 48.8 Å². The van der Waals surface area contributed by atoms with E-state index in [1.807, 2.05) is 54.3 Å². The molecule has 0 spiro atoms. The van der Waals surface area contributed by atoms with Crippen molar-refractivity contribution in [2.75, 3.05) is 13.2 Å². The minimum atomic E-state index is -1.85. The maximum atomic E-state index is 14.5. The lowest BCUT2D eigenvalue weighted by molar-refractivity contribution is -0.175. The van der Waals surface area contributed by atoms with Crippen molar-refractivity contribution in [2.24, 2.45) is 5.92 Å². The van der Waals surface area contributed by atoms with Gasteiger partial charge in [-0.1, -0.05) is 42.0 Å². The molecule has 2 fully saturated rings. The van der Waals surface area contributed by atoms with Crippen LogP contribution < -0.4 is 0 Å². The first-order valence-electron chi connectivity index (χ1n) is 11.5. The molecule has 0 N–H and O–H groups in total. The van der Waals surface area contributed by atoms with Gasteiger partial charge in [-0.05, 0) is 50.1 Å². The molecule has 3 heterocycles. The third-order valence-electron chi connectivity index (χ3n) is 6.81. The molecule has 3 aliphatic rings. The van der Waals surface area contributed by atoms with Crippen LogP contribution in [-0.2, 0) is 34.6 Å². The van der Waals surface area contributed by atoms with Crippen molar-refractivity contribution in [1.29, 1.82) is 0 Å². The zero-order valence-electron chi connectivity index (χ0n) is 19.3. The highest BCUT2D eigenvalue weighted by molar-refractivity contribution is 7.87. The minimum Gasteiger partial charge on any atom is -0.464 e. The zero-order valence-corrected chi connectivity index (χ0v) is 20.1. The number of rotatable bonds is 6. The molecule has 0 aliphatic carbocycles. The number of fused-ring (bicyclic) bond motifs is 5. The van der Waals surface area contributed by atoms with Gasteiger partial charge in [0.15, 0.2) is 4.75 Å². The maximum Gasteiger partial charge on any atom is 0.330 e. The Hall–Kier alpha value is -2.97. The van der Waals surface area contributed by atoms with E-state index >= 15 is 0 Å². The second-order valence-electron chi connectivity index (χ2n) is 8.62. The van der Waals surface area contributed by atoms with E-state index in [1.165, 1.54) is 0 Å². The molecular formula is C26H27NO6S. The van der Waals surface area contributed by atoms with E-state index in [9.17, 15) is 13.8 Å². The minimum absolute atomic E-state index is 0.184. The van der Waals surface area contributed by atoms with Gasteiger partial charge in [0.05, 0.1) is 29.4 Å². The number of carbonyl (C=O) groups is 2. The van der Waals surface area contributed by atoms with Crippen molar-refractivity contribution in [3.8, 4) is 0 Å². The van der Waals surface area contributed by atoms with Crippen LogP contribution in [0.2, 0.25) is 0 Å². The Kier molecular flexibility index (Phi) is 5.81. The lowest BCUT2D eigenvalue weighted by atomic mass is 9.83. The Labute approximate surface area is 201 Å². The SMILES string of the molecule is CCOC(=O)[C@@H]1[C@H]2[C@@H](OCC)OC(=O)[C@@]2([S@@](=O)c2ccc(C)cc2)[C@H]2c3ccccc3C=CN12. The fraction of sp³-hybridized carbons (Fsp3) is 0.385. The highest BCUT2D eigenvalue weighted by Gasteiger charge is 2.76. The second kappa shape index (κ2) is 8.67. The Balaban J connectivity index is 1.77. The van der Waals surface area contributed by atoms with Gasteiger partial charge in [-0.15, -0.1) is 0 Å². The van der Waals surface area contributed by atoms with Gasteiger partial charge >= 0.3 is 11.9 Å². The Bertz CT molecular complexity index is 1180. The number of cyclic esters (lactones) is 1. The van der Waals surface area contributed by atoms with Gasteiger partial charge in [-0.25, -0.2) is 4.79 Å². The molecule has 0 radical (unpaired) electrons. The van der Waals surface area contributed by atoms with Crippen LogP contribution in [0.15, 0.2) is 59.6 Å². The summed E-state index contributed by atoms with van der Waals surface area (Å²) in [7, 11) is -1.85. The summed E-state index contributed by atoms with van der Waals surface area (Å²) >= 11 is 0. The Morgan fingerprint density at radius 2 is 1.85 bits per heavy atom. The fourth-order valence-electron chi connectivity index (χ4n) is 5.46. The molecule has 3 aliphatic heterocycles. The van der Waals surface area contributed by atoms with E-state index in [0.717, 1.165) is 16.7 Å². The summed E-state index contributed by atoms with van der Waals surface area (Å²) in [6.07, 6.45) is 2.69. The summed E-state index contributed by atoms with van der Waals surface area (Å²) in [6.45, 7) is 5.93. The normalized spacial score (nSPS) is 29.7. The first kappa shape index (κ1) is 22.8. The van der Waals surface area contributed by atoms with E-state index in [2.05, 4.69) is 0 Å². The van der Waals surface area contributed by atoms with E-state index in [0.29, 0.717) is 4.90 Å². The summed E-state index contributed by atoms with van der Waals surface area (Å²) in [4.78, 5) is 29.5. The molecule has 2 aromatic carbocycles. The Morgan fingerprint density at radius 1 is 1.12 bits per heavy atom. The molecule has 178 valence electrons. The largest absolute Gasteiger partial charge is 0.464 e. The lowest BCUT2D eigenvalue weighted by Crippen LogP contribution is -2.50. The average Bonchev–Trinajstić information content (AvgIpc) is 3.30. The van der Waals surface area contributed by atoms with Crippen molar-refractivity contribution < 1.29 is 28.0 Å². The number of aryl methyl sites for hydroxylation is 1. The highest BCUT2D eigenvalue weighted by atomic mass is 32.2. The topological polar surface area (TPSA) is 82.1 Å². The predicted octanol–water partition coefficient (Wildman–Crippen LogP) is 3.35. The van der Waals surface area contributed by atoms with E-state index in [-0.39, 0.29) is 13.2 Å². The highest BCUT2D eigenvalue weighted by Crippen LogP contribution is 2.60. The third kappa shape index (κ3) is 3.15. The smallest absolute Gasteiger partial charge is 0.330 e. The summed E-state index contributed by atoms with van der Waals surface area (Å²) in [5.74, 6) is -1.95. The van der Waals surface area contributed by atoms with Crippen LogP contribution in [-0.4, -0.2) is 51.3 Å². The van der Waals surface area contributed by atoms with Crippen LogP contribution in [0.5, 0.6) is 0 Å². The predicted molar refractivity (Wildman–Crippen MR) is 126 cm³/mol. The van der Waals surface area contributed by atoms with Crippen LogP contribution in [0.1, 0.15) is 36.6 Å². The summed E-state index contributed by atoms with van der Waals surface area (Å²) in [5.41, 5.74) is 2.73. The maximum absolute atomic E-state index is 14.5. The standard InChI is InChI=1S/C26H27NO6S/c1-4-31-23(28)21-20-24(32-5-2)33-25(29)26(20,34(30)18-12-10-16(3)11-13-18)22-19-9-7-6-8-17(19)14-15-27(21)22/h6-15,20-22,24H,4-5H2,1-3H3/t20-,21-,22+,24-,26-,34-/m0/s1. The van der Waals surface area contributed by atoms with E-state index in [1.54, 1.807) is 32.2 Å². The summed E-state index contributed by atoms with van der Waals surface area (Å²) in [6, 6.07) is 13.3. The molecule has 8 heteroatoms. The monoisotopic (exact) mass is 481 g/mol. The van der Waals surface area contributed by atoms with Crippen LogP contribution >= 0.6 is 0 Å². The summed E-state index contributed by atoms with van der Waals surface area (Å²) < 4.78 is 29.9. The molecule has 2 aromatic rings. The van der Waals surface area contributed by atoms with Gasteiger partial charge in [0.25, 0.3) is 0 Å². The molecule has 0 saturated carbocycles. The quantitative estimate of drug-likeness (QED) is 0.585. The third-order valence-corrected chi connectivity index (χ3v) is 8.79. The molecule has 0 unspecified atom stereocenters. The molecule has 2 saturated heterocycles. The molecule has 5 rings (SSSR count). The second-order valence-corrected chi connectivity index (χ2v) is 10.3. The first-order chi connectivity index (χ1) is 16.4. The number of hydrogen-bond donors (Lipinski definition) is 0. The van der Waals surface area contributed by atoms with Gasteiger partial charge in [0.1, 0.15) is 6.04 Å². The van der Waals surface area contributed by atoms with Gasteiger partial charge in [-0.2, -0.15) is 0 Å². The zero-order chi connectivity index (χ0) is 24.0. The van der Waals surface area contributed by atoms with Gasteiger partial charge in [0, 0.05) is 17.7 Å². The average molecular weight is 482 g/mol. The van der Waals surface area contributed by atoms with Gasteiger partial charge in [0.2, 0.25) is 6.29 Å². The van der Waals surface area contributed by atoms with Crippen molar-refractivity contribution in [3.63, 3.8) is 0 Å². The molecule has 0 aromatic heterocycles. The number of esters is 2. The molecule has 0 bridgehead atoms. The molecule has 7 nitrogen and oxygen atoms in total. The first-order valence-corrected chi connectivity index (χ1v) is 12.6. The number of ether oxygens (including phenoxy) is 3. The molecular weight excluding hydrogens is 454 g/mol. The number of nitrogens with zero attached hydrogens (tertiary/aromatic N) is 1. The van der Waals surface area contributed by atoms with Crippen molar-refractivity contribution >= 4 is 28.8 Å². The number of hydrogen-bond acceptors (Lipinski definition) is 7.